The summed E-state index contributed by atoms with van der Waals surface area (Å²) >= 11 is 0. The van der Waals surface area contributed by atoms with Gasteiger partial charge in [0.05, 0.1) is 31.3 Å². The molecule has 1 saturated heterocycles. The number of hydrogen-bond donors (Lipinski definition) is 0. The van der Waals surface area contributed by atoms with Crippen LogP contribution in [0.5, 0.6) is 11.5 Å². The zero-order valence-electron chi connectivity index (χ0n) is 17.4. The minimum Gasteiger partial charge on any atom is -0.497 e. The molecule has 1 aromatic heterocycles. The van der Waals surface area contributed by atoms with Gasteiger partial charge in [-0.25, -0.2) is 0 Å². The van der Waals surface area contributed by atoms with Crippen LogP contribution in [0.2, 0.25) is 0 Å². The van der Waals surface area contributed by atoms with Crippen molar-refractivity contribution in [3.8, 4) is 11.5 Å². The zero-order valence-corrected chi connectivity index (χ0v) is 17.4. The highest BCUT2D eigenvalue weighted by atomic mass is 16.5. The first-order valence-corrected chi connectivity index (χ1v) is 9.92. The maximum atomic E-state index is 13.7. The van der Waals surface area contributed by atoms with Crippen molar-refractivity contribution in [2.45, 2.75) is 32.7 Å². The second-order valence-corrected chi connectivity index (χ2v) is 7.60. The monoisotopic (exact) mass is 390 g/mol. The lowest BCUT2D eigenvalue weighted by Gasteiger charge is -2.27. The van der Waals surface area contributed by atoms with Gasteiger partial charge in [-0.3, -0.25) is 9.78 Å². The Hall–Kier alpha value is -3.08. The fraction of sp³-hybridized carbons (Fsp3) is 0.333. The molecular formula is C24H26N2O3. The molecule has 29 heavy (non-hydrogen) atoms. The molecule has 4 rings (SSSR count). The Morgan fingerprint density at radius 3 is 2.66 bits per heavy atom. The quantitative estimate of drug-likeness (QED) is 0.639. The van der Waals surface area contributed by atoms with Crippen LogP contribution >= 0.6 is 0 Å². The van der Waals surface area contributed by atoms with Crippen molar-refractivity contribution in [3.63, 3.8) is 0 Å². The number of amides is 1. The number of aryl methyl sites for hydroxylation is 2. The summed E-state index contributed by atoms with van der Waals surface area (Å²) in [6.07, 6.45) is 1.86. The summed E-state index contributed by atoms with van der Waals surface area (Å²) in [5, 5.41) is 0.906. The van der Waals surface area contributed by atoms with E-state index in [9.17, 15) is 4.79 Å². The SMILES string of the molecule is COc1ccc(OC)c(C2CCCN2C(=O)c2cc(C)nc3ccc(C)cc23)c1. The maximum Gasteiger partial charge on any atom is 0.255 e. The van der Waals surface area contributed by atoms with E-state index < -0.39 is 0 Å². The van der Waals surface area contributed by atoms with Gasteiger partial charge in [-0.05, 0) is 63.1 Å². The van der Waals surface area contributed by atoms with E-state index in [4.69, 9.17) is 9.47 Å². The van der Waals surface area contributed by atoms with Gasteiger partial charge in [0.1, 0.15) is 11.5 Å². The molecule has 0 radical (unpaired) electrons. The van der Waals surface area contributed by atoms with E-state index in [1.807, 2.05) is 61.2 Å². The van der Waals surface area contributed by atoms with Gasteiger partial charge in [-0.2, -0.15) is 0 Å². The van der Waals surface area contributed by atoms with Crippen molar-refractivity contribution in [3.05, 3.63) is 64.8 Å². The molecule has 1 atom stereocenters. The summed E-state index contributed by atoms with van der Waals surface area (Å²) in [7, 11) is 3.31. The Balaban J connectivity index is 1.78. The predicted octanol–water partition coefficient (Wildman–Crippen LogP) is 4.85. The predicted molar refractivity (Wildman–Crippen MR) is 114 cm³/mol. The molecule has 5 heteroatoms. The Morgan fingerprint density at radius 2 is 1.90 bits per heavy atom. The normalized spacial score (nSPS) is 16.3. The highest BCUT2D eigenvalue weighted by molar-refractivity contribution is 6.06. The van der Waals surface area contributed by atoms with E-state index in [0.29, 0.717) is 5.56 Å². The van der Waals surface area contributed by atoms with Crippen molar-refractivity contribution in [2.24, 2.45) is 0 Å². The van der Waals surface area contributed by atoms with E-state index in [1.165, 1.54) is 0 Å². The van der Waals surface area contributed by atoms with Crippen LogP contribution in [0.4, 0.5) is 0 Å². The fourth-order valence-electron chi connectivity index (χ4n) is 4.24. The molecule has 150 valence electrons. The summed E-state index contributed by atoms with van der Waals surface area (Å²) in [6, 6.07) is 13.7. The number of likely N-dealkylation sites (tertiary alicyclic amines) is 1. The van der Waals surface area contributed by atoms with Gasteiger partial charge in [-0.15, -0.1) is 0 Å². The molecule has 1 amide bonds. The zero-order chi connectivity index (χ0) is 20.5. The van der Waals surface area contributed by atoms with E-state index >= 15 is 0 Å². The summed E-state index contributed by atoms with van der Waals surface area (Å²) in [4.78, 5) is 20.3. The van der Waals surface area contributed by atoms with Crippen LogP contribution in [0.3, 0.4) is 0 Å². The summed E-state index contributed by atoms with van der Waals surface area (Å²) < 4.78 is 11.0. The van der Waals surface area contributed by atoms with Gasteiger partial charge in [-0.1, -0.05) is 11.6 Å². The Labute approximate surface area is 171 Å². The van der Waals surface area contributed by atoms with E-state index in [1.54, 1.807) is 14.2 Å². The summed E-state index contributed by atoms with van der Waals surface area (Å²) in [5.41, 5.74) is 4.52. The minimum absolute atomic E-state index is 0.0403. The first-order chi connectivity index (χ1) is 14.0. The summed E-state index contributed by atoms with van der Waals surface area (Å²) in [5.74, 6) is 1.58. The van der Waals surface area contributed by atoms with Crippen molar-refractivity contribution in [1.29, 1.82) is 0 Å². The number of pyridine rings is 1. The molecular weight excluding hydrogens is 364 g/mol. The second kappa shape index (κ2) is 7.74. The largest absolute Gasteiger partial charge is 0.497 e. The number of hydrogen-bond acceptors (Lipinski definition) is 4. The second-order valence-electron chi connectivity index (χ2n) is 7.60. The van der Waals surface area contributed by atoms with E-state index in [2.05, 4.69) is 4.98 Å². The smallest absolute Gasteiger partial charge is 0.255 e. The third-order valence-electron chi connectivity index (χ3n) is 5.63. The van der Waals surface area contributed by atoms with Gasteiger partial charge >= 0.3 is 0 Å². The van der Waals surface area contributed by atoms with Crippen LogP contribution in [0, 0.1) is 13.8 Å². The lowest BCUT2D eigenvalue weighted by atomic mass is 10.0. The molecule has 1 aliphatic rings. The van der Waals surface area contributed by atoms with Crippen LogP contribution in [0.25, 0.3) is 10.9 Å². The molecule has 0 spiro atoms. The van der Waals surface area contributed by atoms with E-state index in [0.717, 1.165) is 58.6 Å². The average molecular weight is 390 g/mol. The van der Waals surface area contributed by atoms with Crippen LogP contribution in [0.15, 0.2) is 42.5 Å². The maximum absolute atomic E-state index is 13.7. The lowest BCUT2D eigenvalue weighted by molar-refractivity contribution is 0.0736. The summed E-state index contributed by atoms with van der Waals surface area (Å²) in [6.45, 7) is 4.69. The first-order valence-electron chi connectivity index (χ1n) is 9.92. The molecule has 2 aromatic carbocycles. The molecule has 2 heterocycles. The molecule has 0 aliphatic carbocycles. The van der Waals surface area contributed by atoms with Crippen molar-refractivity contribution in [2.75, 3.05) is 20.8 Å². The number of aromatic nitrogens is 1. The van der Waals surface area contributed by atoms with Crippen molar-refractivity contribution in [1.82, 2.24) is 9.88 Å². The Morgan fingerprint density at radius 1 is 1.07 bits per heavy atom. The number of methoxy groups -OCH3 is 2. The highest BCUT2D eigenvalue weighted by Gasteiger charge is 2.33. The topological polar surface area (TPSA) is 51.7 Å². The number of carbonyl (C=O) groups is 1. The molecule has 5 nitrogen and oxygen atoms in total. The van der Waals surface area contributed by atoms with Gasteiger partial charge in [0.25, 0.3) is 5.91 Å². The standard InChI is InChI=1S/C24H26N2O3/c1-15-7-9-21-18(12-15)19(13-16(2)25-21)24(27)26-11-5-6-22(26)20-14-17(28-3)8-10-23(20)29-4/h7-10,12-14,22H,5-6,11H2,1-4H3. The number of benzene rings is 2. The lowest BCUT2D eigenvalue weighted by Crippen LogP contribution is -2.31. The van der Waals surface area contributed by atoms with Crippen molar-refractivity contribution < 1.29 is 14.3 Å². The van der Waals surface area contributed by atoms with Crippen LogP contribution < -0.4 is 9.47 Å². The number of carbonyl (C=O) groups excluding carboxylic acids is 1. The highest BCUT2D eigenvalue weighted by Crippen LogP contribution is 2.40. The average Bonchev–Trinajstić information content (AvgIpc) is 3.22. The molecule has 0 N–H and O–H groups in total. The molecule has 1 unspecified atom stereocenters. The molecule has 0 bridgehead atoms. The van der Waals surface area contributed by atoms with Gasteiger partial charge in [0, 0.05) is 23.2 Å². The number of nitrogens with zero attached hydrogens (tertiary/aromatic N) is 2. The third kappa shape index (κ3) is 3.53. The van der Waals surface area contributed by atoms with E-state index in [-0.39, 0.29) is 11.9 Å². The van der Waals surface area contributed by atoms with Crippen LogP contribution in [0.1, 0.15) is 46.1 Å². The van der Waals surface area contributed by atoms with Crippen LogP contribution in [-0.4, -0.2) is 36.6 Å². The van der Waals surface area contributed by atoms with Crippen molar-refractivity contribution >= 4 is 16.8 Å². The minimum atomic E-state index is -0.0409. The van der Waals surface area contributed by atoms with Gasteiger partial charge in [0.2, 0.25) is 0 Å². The number of ether oxygens (including phenoxy) is 2. The Bertz CT molecular complexity index is 1080. The number of rotatable bonds is 4. The fourth-order valence-corrected chi connectivity index (χ4v) is 4.24. The van der Waals surface area contributed by atoms with Crippen LogP contribution in [-0.2, 0) is 0 Å². The van der Waals surface area contributed by atoms with Gasteiger partial charge in [0.15, 0.2) is 0 Å². The molecule has 1 aliphatic heterocycles. The first kappa shape index (κ1) is 19.2. The molecule has 0 saturated carbocycles. The molecule has 1 fully saturated rings. The van der Waals surface area contributed by atoms with Gasteiger partial charge < -0.3 is 14.4 Å². The Kier molecular flexibility index (Phi) is 5.14. The number of fused-ring (bicyclic) bond motifs is 1. The molecule has 3 aromatic rings. The third-order valence-corrected chi connectivity index (χ3v) is 5.63.